The summed E-state index contributed by atoms with van der Waals surface area (Å²) in [5.41, 5.74) is 15.8. The molecule has 0 atom stereocenters. The first-order chi connectivity index (χ1) is 26.6. The summed E-state index contributed by atoms with van der Waals surface area (Å²) in [6.07, 6.45) is 0. The van der Waals surface area contributed by atoms with Gasteiger partial charge in [-0.05, 0) is 96.4 Å². The number of fused-ring (bicyclic) bond motifs is 6. The van der Waals surface area contributed by atoms with Gasteiger partial charge in [0.25, 0.3) is 0 Å². The van der Waals surface area contributed by atoms with Gasteiger partial charge in [0.15, 0.2) is 0 Å². The lowest BCUT2D eigenvalue weighted by Crippen LogP contribution is -2.17. The van der Waals surface area contributed by atoms with Crippen molar-refractivity contribution in [2.45, 2.75) is 19.3 Å². The monoisotopic (exact) mass is 689 g/mol. The highest BCUT2D eigenvalue weighted by Crippen LogP contribution is 2.53. The maximum Gasteiger partial charge on any atom is 0.0546 e. The van der Waals surface area contributed by atoms with E-state index < -0.39 is 0 Å². The van der Waals surface area contributed by atoms with Crippen molar-refractivity contribution in [1.29, 1.82) is 0 Å². The number of anilines is 3. The molecule has 0 saturated heterocycles. The van der Waals surface area contributed by atoms with Gasteiger partial charge in [-0.3, -0.25) is 0 Å². The van der Waals surface area contributed by atoms with Gasteiger partial charge in [0.1, 0.15) is 0 Å². The van der Waals surface area contributed by atoms with Crippen molar-refractivity contribution in [3.63, 3.8) is 0 Å². The zero-order valence-electron chi connectivity index (χ0n) is 30.5. The Morgan fingerprint density at radius 1 is 0.352 bits per heavy atom. The van der Waals surface area contributed by atoms with E-state index in [2.05, 4.69) is 219 Å². The van der Waals surface area contributed by atoms with Gasteiger partial charge in [-0.2, -0.15) is 0 Å². The number of rotatable bonds is 6. The second-order valence-electron chi connectivity index (χ2n) is 14.9. The van der Waals surface area contributed by atoms with Crippen LogP contribution in [0.25, 0.3) is 66.1 Å². The van der Waals surface area contributed by atoms with Crippen LogP contribution in [0.1, 0.15) is 25.0 Å². The third kappa shape index (κ3) is 5.08. The zero-order valence-corrected chi connectivity index (χ0v) is 30.5. The molecule has 0 heterocycles. The van der Waals surface area contributed by atoms with Crippen LogP contribution >= 0.6 is 0 Å². The molecule has 1 heteroatoms. The molecule has 256 valence electrons. The molecule has 0 aromatic heterocycles. The van der Waals surface area contributed by atoms with Gasteiger partial charge in [-0.1, -0.05) is 184 Å². The molecule has 9 aromatic rings. The highest BCUT2D eigenvalue weighted by atomic mass is 15.1. The van der Waals surface area contributed by atoms with Crippen LogP contribution in [-0.2, 0) is 5.41 Å². The second-order valence-corrected chi connectivity index (χ2v) is 14.9. The molecule has 0 fully saturated rings. The average molecular weight is 690 g/mol. The smallest absolute Gasteiger partial charge is 0.0546 e. The first kappa shape index (κ1) is 32.0. The minimum absolute atomic E-state index is 0.143. The first-order valence-electron chi connectivity index (χ1n) is 18.9. The Hall–Kier alpha value is -6.70. The van der Waals surface area contributed by atoms with E-state index in [1.165, 1.54) is 77.2 Å². The summed E-state index contributed by atoms with van der Waals surface area (Å²) in [6, 6.07) is 73.5. The topological polar surface area (TPSA) is 3.24 Å². The highest BCUT2D eigenvalue weighted by molar-refractivity contribution is 6.16. The van der Waals surface area contributed by atoms with E-state index in [0.29, 0.717) is 0 Å². The zero-order chi connectivity index (χ0) is 36.2. The summed E-state index contributed by atoms with van der Waals surface area (Å²) >= 11 is 0. The summed E-state index contributed by atoms with van der Waals surface area (Å²) in [7, 11) is 0. The van der Waals surface area contributed by atoms with Crippen molar-refractivity contribution in [3.8, 4) is 44.5 Å². The molecule has 0 unspecified atom stereocenters. The Labute approximate surface area is 317 Å². The van der Waals surface area contributed by atoms with E-state index in [1.54, 1.807) is 0 Å². The lowest BCUT2D eigenvalue weighted by molar-refractivity contribution is 0.660. The van der Waals surface area contributed by atoms with Crippen LogP contribution in [0.2, 0.25) is 0 Å². The molecule has 0 aliphatic heterocycles. The molecule has 0 radical (unpaired) electrons. The Bertz CT molecular complexity index is 2850. The number of nitrogens with zero attached hydrogens (tertiary/aromatic N) is 1. The van der Waals surface area contributed by atoms with E-state index in [4.69, 9.17) is 0 Å². The Morgan fingerprint density at radius 3 is 1.69 bits per heavy atom. The molecule has 1 aliphatic carbocycles. The van der Waals surface area contributed by atoms with E-state index in [0.717, 1.165) is 17.1 Å². The summed E-state index contributed by atoms with van der Waals surface area (Å²) < 4.78 is 0. The molecule has 9 aromatic carbocycles. The highest BCUT2D eigenvalue weighted by Gasteiger charge is 2.36. The average Bonchev–Trinajstić information content (AvgIpc) is 3.47. The van der Waals surface area contributed by atoms with Crippen molar-refractivity contribution in [2.24, 2.45) is 0 Å². The lowest BCUT2D eigenvalue weighted by Gasteiger charge is -2.32. The fraction of sp³-hybridized carbons (Fsp3) is 0.0566. The minimum Gasteiger partial charge on any atom is -0.309 e. The molecule has 54 heavy (non-hydrogen) atoms. The number of para-hydroxylation sites is 1. The maximum atomic E-state index is 2.52. The fourth-order valence-electron chi connectivity index (χ4n) is 8.90. The molecule has 0 spiro atoms. The van der Waals surface area contributed by atoms with Gasteiger partial charge < -0.3 is 4.90 Å². The van der Waals surface area contributed by atoms with Crippen LogP contribution in [0, 0.1) is 0 Å². The summed E-state index contributed by atoms with van der Waals surface area (Å²) in [4.78, 5) is 2.52. The van der Waals surface area contributed by atoms with Gasteiger partial charge in [0.05, 0.1) is 11.4 Å². The first-order valence-corrected chi connectivity index (χ1v) is 18.9. The van der Waals surface area contributed by atoms with Crippen molar-refractivity contribution in [3.05, 3.63) is 211 Å². The maximum absolute atomic E-state index is 2.52. The predicted octanol–water partition coefficient (Wildman–Crippen LogP) is 14.8. The van der Waals surface area contributed by atoms with Crippen LogP contribution in [0.4, 0.5) is 17.1 Å². The molecule has 0 amide bonds. The van der Waals surface area contributed by atoms with Crippen LogP contribution < -0.4 is 4.90 Å². The summed E-state index contributed by atoms with van der Waals surface area (Å²) in [5, 5.41) is 4.99. The lowest BCUT2D eigenvalue weighted by atomic mass is 9.82. The van der Waals surface area contributed by atoms with Crippen molar-refractivity contribution in [1.82, 2.24) is 0 Å². The summed E-state index contributed by atoms with van der Waals surface area (Å²) in [6.45, 7) is 4.73. The van der Waals surface area contributed by atoms with Crippen molar-refractivity contribution in [2.75, 3.05) is 4.90 Å². The standard InChI is InChI=1S/C53H39N/c1-53(2)48-29-15-13-27-45(48)46-33-32-39(35-49(46)53)54(50-30-16-14-24-41(50)36-18-5-3-6-19-36)51-31-17-28-42(37-20-7-4-8-21-37)52(51)47-34-38-22-9-10-23-40(38)43-25-11-12-26-44(43)47/h3-35H,1-2H3. The molecule has 1 aliphatic rings. The van der Waals surface area contributed by atoms with Crippen molar-refractivity contribution < 1.29 is 0 Å². The third-order valence-electron chi connectivity index (χ3n) is 11.5. The quantitative estimate of drug-likeness (QED) is 0.157. The summed E-state index contributed by atoms with van der Waals surface area (Å²) in [5.74, 6) is 0. The van der Waals surface area contributed by atoms with Crippen molar-refractivity contribution >= 4 is 38.6 Å². The molecule has 0 N–H and O–H groups in total. The van der Waals surface area contributed by atoms with Gasteiger partial charge in [0, 0.05) is 22.2 Å². The predicted molar refractivity (Wildman–Crippen MR) is 230 cm³/mol. The second kappa shape index (κ2) is 12.8. The molecule has 10 rings (SSSR count). The van der Waals surface area contributed by atoms with Gasteiger partial charge in [0.2, 0.25) is 0 Å². The van der Waals surface area contributed by atoms with E-state index in [1.807, 2.05) is 0 Å². The largest absolute Gasteiger partial charge is 0.309 e. The third-order valence-corrected chi connectivity index (χ3v) is 11.5. The van der Waals surface area contributed by atoms with Gasteiger partial charge >= 0.3 is 0 Å². The van der Waals surface area contributed by atoms with Crippen LogP contribution in [0.5, 0.6) is 0 Å². The minimum atomic E-state index is -0.143. The van der Waals surface area contributed by atoms with E-state index in [9.17, 15) is 0 Å². The van der Waals surface area contributed by atoms with Gasteiger partial charge in [-0.25, -0.2) is 0 Å². The fourth-order valence-corrected chi connectivity index (χ4v) is 8.90. The molecule has 1 nitrogen and oxygen atoms in total. The molecule has 0 saturated carbocycles. The Balaban J connectivity index is 1.33. The number of benzene rings is 9. The molecule has 0 bridgehead atoms. The van der Waals surface area contributed by atoms with Crippen LogP contribution in [-0.4, -0.2) is 0 Å². The number of hydrogen-bond acceptors (Lipinski definition) is 1. The normalized spacial score (nSPS) is 12.8. The van der Waals surface area contributed by atoms with E-state index >= 15 is 0 Å². The molecular weight excluding hydrogens is 651 g/mol. The Morgan fingerprint density at radius 2 is 0.907 bits per heavy atom. The Kier molecular flexibility index (Phi) is 7.56. The van der Waals surface area contributed by atoms with Crippen LogP contribution in [0.3, 0.4) is 0 Å². The van der Waals surface area contributed by atoms with E-state index in [-0.39, 0.29) is 5.41 Å². The van der Waals surface area contributed by atoms with Gasteiger partial charge in [-0.15, -0.1) is 0 Å². The molecular formula is C53H39N. The SMILES string of the molecule is CC1(C)c2ccccc2-c2ccc(N(c3ccccc3-c3ccccc3)c3cccc(-c4ccccc4)c3-c3cc4ccccc4c4ccccc34)cc21. The number of hydrogen-bond donors (Lipinski definition) is 0. The van der Waals surface area contributed by atoms with Crippen LogP contribution in [0.15, 0.2) is 200 Å².